The van der Waals surface area contributed by atoms with Crippen LogP contribution in [-0.4, -0.2) is 44.4 Å². The molecule has 102 valence electrons. The van der Waals surface area contributed by atoms with Gasteiger partial charge in [-0.3, -0.25) is 9.59 Å². The molecule has 1 rings (SSSR count). The van der Waals surface area contributed by atoms with E-state index in [2.05, 4.69) is 10.6 Å². The molecule has 1 aromatic carbocycles. The average molecular weight is 261 g/mol. The molecular formula is C14H19N3O2. The minimum atomic E-state index is -0.186. The molecule has 0 heterocycles. The highest BCUT2D eigenvalue weighted by atomic mass is 16.2. The summed E-state index contributed by atoms with van der Waals surface area (Å²) < 4.78 is 0. The Morgan fingerprint density at radius 1 is 1.21 bits per heavy atom. The third kappa shape index (κ3) is 5.35. The van der Waals surface area contributed by atoms with Crippen molar-refractivity contribution in [3.63, 3.8) is 0 Å². The van der Waals surface area contributed by atoms with Crippen molar-refractivity contribution in [2.24, 2.45) is 0 Å². The van der Waals surface area contributed by atoms with E-state index in [1.165, 1.54) is 6.08 Å². The topological polar surface area (TPSA) is 61.4 Å². The first-order valence-electron chi connectivity index (χ1n) is 5.97. The number of carbonyl (C=O) groups is 2. The van der Waals surface area contributed by atoms with Crippen LogP contribution in [0.15, 0.2) is 36.4 Å². The predicted octanol–water partition coefficient (Wildman–Crippen LogP) is 1.10. The fourth-order valence-electron chi connectivity index (χ4n) is 1.40. The maximum Gasteiger partial charge on any atom is 0.251 e. The van der Waals surface area contributed by atoms with Crippen LogP contribution in [0.1, 0.15) is 10.4 Å². The minimum Gasteiger partial charge on any atom is -0.355 e. The van der Waals surface area contributed by atoms with Crippen LogP contribution < -0.4 is 10.6 Å². The number of hydrogen-bond donors (Lipinski definition) is 2. The lowest BCUT2D eigenvalue weighted by atomic mass is 10.2. The summed E-state index contributed by atoms with van der Waals surface area (Å²) >= 11 is 0. The van der Waals surface area contributed by atoms with Crippen molar-refractivity contribution in [2.75, 3.05) is 33.0 Å². The predicted molar refractivity (Wildman–Crippen MR) is 76.2 cm³/mol. The van der Waals surface area contributed by atoms with Crippen molar-refractivity contribution in [1.82, 2.24) is 10.2 Å². The summed E-state index contributed by atoms with van der Waals surface area (Å²) in [6.45, 7) is 0.711. The van der Waals surface area contributed by atoms with Gasteiger partial charge in [0.15, 0.2) is 0 Å². The Hall–Kier alpha value is -2.14. The third-order valence-electron chi connectivity index (χ3n) is 2.38. The van der Waals surface area contributed by atoms with Crippen LogP contribution in [-0.2, 0) is 4.79 Å². The number of anilines is 1. The van der Waals surface area contributed by atoms with Crippen molar-refractivity contribution >= 4 is 17.5 Å². The number of benzene rings is 1. The van der Waals surface area contributed by atoms with Crippen LogP contribution in [0.25, 0.3) is 0 Å². The van der Waals surface area contributed by atoms with E-state index in [4.69, 9.17) is 0 Å². The Balaban J connectivity index is 2.56. The molecule has 0 saturated carbocycles. The van der Waals surface area contributed by atoms with Gasteiger partial charge in [0.05, 0.1) is 0 Å². The number of hydrogen-bond acceptors (Lipinski definition) is 3. The number of carbonyl (C=O) groups excluding carboxylic acids is 2. The van der Waals surface area contributed by atoms with Crippen molar-refractivity contribution in [1.29, 1.82) is 0 Å². The van der Waals surface area contributed by atoms with E-state index in [0.29, 0.717) is 17.8 Å². The van der Waals surface area contributed by atoms with Crippen molar-refractivity contribution in [2.45, 2.75) is 0 Å². The molecule has 0 saturated heterocycles. The molecule has 0 spiro atoms. The second-order valence-electron chi connectivity index (χ2n) is 4.31. The first kappa shape index (κ1) is 14.9. The molecule has 5 heteroatoms. The zero-order valence-electron chi connectivity index (χ0n) is 11.4. The summed E-state index contributed by atoms with van der Waals surface area (Å²) in [4.78, 5) is 24.9. The lowest BCUT2D eigenvalue weighted by molar-refractivity contribution is -0.111. The Morgan fingerprint density at radius 2 is 1.84 bits per heavy atom. The van der Waals surface area contributed by atoms with Gasteiger partial charge in [-0.15, -0.1) is 0 Å². The summed E-state index contributed by atoms with van der Waals surface area (Å²) in [5.74, 6) is -0.335. The molecule has 5 nitrogen and oxygen atoms in total. The van der Waals surface area contributed by atoms with E-state index in [-0.39, 0.29) is 11.8 Å². The first-order chi connectivity index (χ1) is 9.02. The molecule has 1 aromatic rings. The number of nitrogens with one attached hydrogen (secondary N) is 2. The maximum absolute atomic E-state index is 11.6. The van der Waals surface area contributed by atoms with Crippen LogP contribution in [0.3, 0.4) is 0 Å². The van der Waals surface area contributed by atoms with E-state index in [1.807, 2.05) is 19.0 Å². The zero-order chi connectivity index (χ0) is 14.3. The fraction of sp³-hybridized carbons (Fsp3) is 0.286. The highest BCUT2D eigenvalue weighted by molar-refractivity contribution is 6.00. The van der Waals surface area contributed by atoms with Crippen LogP contribution in [0.4, 0.5) is 5.69 Å². The normalized spacial score (nSPS) is 10.7. The van der Waals surface area contributed by atoms with Crippen molar-refractivity contribution < 1.29 is 9.59 Å². The number of nitrogens with zero attached hydrogens (tertiary/aromatic N) is 1. The summed E-state index contributed by atoms with van der Waals surface area (Å²) in [5, 5.41) is 5.26. The molecule has 19 heavy (non-hydrogen) atoms. The SMILES string of the molecule is CNC(=O)c1ccc(NC(=O)/C=C/CN(C)C)cc1. The summed E-state index contributed by atoms with van der Waals surface area (Å²) in [5.41, 5.74) is 1.22. The van der Waals surface area contributed by atoms with Crippen molar-refractivity contribution in [3.05, 3.63) is 42.0 Å². The van der Waals surface area contributed by atoms with Gasteiger partial charge >= 0.3 is 0 Å². The van der Waals surface area contributed by atoms with Crippen molar-refractivity contribution in [3.8, 4) is 0 Å². The van der Waals surface area contributed by atoms with E-state index in [1.54, 1.807) is 37.4 Å². The van der Waals surface area contributed by atoms with Gasteiger partial charge in [-0.25, -0.2) is 0 Å². The Morgan fingerprint density at radius 3 is 2.37 bits per heavy atom. The molecular weight excluding hydrogens is 242 g/mol. The van der Waals surface area contributed by atoms with Crippen LogP contribution >= 0.6 is 0 Å². The second kappa shape index (κ2) is 7.33. The zero-order valence-corrected chi connectivity index (χ0v) is 11.4. The molecule has 0 bridgehead atoms. The van der Waals surface area contributed by atoms with Crippen LogP contribution in [0.2, 0.25) is 0 Å². The van der Waals surface area contributed by atoms with E-state index in [9.17, 15) is 9.59 Å². The third-order valence-corrected chi connectivity index (χ3v) is 2.38. The van der Waals surface area contributed by atoms with Gasteiger partial charge in [0.25, 0.3) is 5.91 Å². The number of amides is 2. The molecule has 0 aromatic heterocycles. The lowest BCUT2D eigenvalue weighted by Gasteiger charge is -2.05. The molecule has 0 aliphatic rings. The number of likely N-dealkylation sites (N-methyl/N-ethyl adjacent to an activating group) is 1. The molecule has 2 N–H and O–H groups in total. The smallest absolute Gasteiger partial charge is 0.251 e. The lowest BCUT2D eigenvalue weighted by Crippen LogP contribution is -2.17. The standard InChI is InChI=1S/C14H19N3O2/c1-15-14(19)11-6-8-12(9-7-11)16-13(18)5-4-10-17(2)3/h4-9H,10H2,1-3H3,(H,15,19)(H,16,18)/b5-4+. The van der Waals surface area contributed by atoms with E-state index < -0.39 is 0 Å². The van der Waals surface area contributed by atoms with Gasteiger partial charge in [-0.2, -0.15) is 0 Å². The minimum absolute atomic E-state index is 0.149. The number of rotatable bonds is 5. The second-order valence-corrected chi connectivity index (χ2v) is 4.31. The van der Waals surface area contributed by atoms with Gasteiger partial charge in [0, 0.05) is 30.9 Å². The van der Waals surface area contributed by atoms with Gasteiger partial charge in [-0.1, -0.05) is 6.08 Å². The molecule has 0 atom stereocenters. The molecule has 0 unspecified atom stereocenters. The van der Waals surface area contributed by atoms with Gasteiger partial charge < -0.3 is 15.5 Å². The summed E-state index contributed by atoms with van der Waals surface area (Å²) in [6, 6.07) is 6.72. The fourth-order valence-corrected chi connectivity index (χ4v) is 1.40. The largest absolute Gasteiger partial charge is 0.355 e. The Labute approximate surface area is 113 Å². The maximum atomic E-state index is 11.6. The van der Waals surface area contributed by atoms with Gasteiger partial charge in [0.1, 0.15) is 0 Å². The average Bonchev–Trinajstić information content (AvgIpc) is 2.38. The van der Waals surface area contributed by atoms with E-state index in [0.717, 1.165) is 0 Å². The highest BCUT2D eigenvalue weighted by Crippen LogP contribution is 2.09. The molecule has 0 radical (unpaired) electrons. The van der Waals surface area contributed by atoms with Crippen LogP contribution in [0, 0.1) is 0 Å². The molecule has 2 amide bonds. The Bertz CT molecular complexity index is 464. The van der Waals surface area contributed by atoms with Crippen LogP contribution in [0.5, 0.6) is 0 Å². The highest BCUT2D eigenvalue weighted by Gasteiger charge is 2.03. The molecule has 0 aliphatic carbocycles. The quantitative estimate of drug-likeness (QED) is 0.780. The Kier molecular flexibility index (Phi) is 5.75. The van der Waals surface area contributed by atoms with Gasteiger partial charge in [0.2, 0.25) is 5.91 Å². The molecule has 0 fully saturated rings. The monoisotopic (exact) mass is 261 g/mol. The summed E-state index contributed by atoms with van der Waals surface area (Å²) in [6.07, 6.45) is 3.28. The summed E-state index contributed by atoms with van der Waals surface area (Å²) in [7, 11) is 5.44. The molecule has 0 aliphatic heterocycles. The van der Waals surface area contributed by atoms with E-state index >= 15 is 0 Å². The van der Waals surface area contributed by atoms with Gasteiger partial charge in [-0.05, 0) is 38.4 Å². The first-order valence-corrected chi connectivity index (χ1v) is 5.97.